The number of hydrogen-bond donors (Lipinski definition) is 1. The van der Waals surface area contributed by atoms with Crippen molar-refractivity contribution in [3.05, 3.63) is 18.2 Å². The van der Waals surface area contributed by atoms with E-state index in [1.165, 1.54) is 26.6 Å². The fourth-order valence-electron chi connectivity index (χ4n) is 4.06. The SMILES string of the molecule is CCOc1ccc(NC(=O)[C@@H]2C[C@H]3CC[C@H]2C3)cc1S(=O)(=O)N(C)C. The molecule has 0 aromatic heterocycles. The highest BCUT2D eigenvalue weighted by Gasteiger charge is 2.43. The fourth-order valence-corrected chi connectivity index (χ4v) is 5.11. The molecule has 1 N–H and O–H groups in total. The minimum absolute atomic E-state index is 0.00422. The van der Waals surface area contributed by atoms with Crippen molar-refractivity contribution in [2.24, 2.45) is 17.8 Å². The van der Waals surface area contributed by atoms with Crippen LogP contribution in [0.4, 0.5) is 5.69 Å². The molecule has 1 aromatic rings. The van der Waals surface area contributed by atoms with Crippen molar-refractivity contribution in [2.45, 2.75) is 37.5 Å². The van der Waals surface area contributed by atoms with E-state index in [9.17, 15) is 13.2 Å². The summed E-state index contributed by atoms with van der Waals surface area (Å²) in [6, 6.07) is 4.80. The topological polar surface area (TPSA) is 75.7 Å². The first kappa shape index (κ1) is 18.2. The second-order valence-corrected chi connectivity index (χ2v) is 9.27. The second-order valence-electron chi connectivity index (χ2n) is 7.15. The van der Waals surface area contributed by atoms with Gasteiger partial charge in [-0.1, -0.05) is 6.42 Å². The van der Waals surface area contributed by atoms with Crippen molar-refractivity contribution < 1.29 is 17.9 Å². The van der Waals surface area contributed by atoms with Crippen LogP contribution in [-0.2, 0) is 14.8 Å². The number of nitrogens with one attached hydrogen (secondary N) is 1. The number of nitrogens with zero attached hydrogens (tertiary/aromatic N) is 1. The number of benzene rings is 1. The van der Waals surface area contributed by atoms with Crippen molar-refractivity contribution in [1.82, 2.24) is 4.31 Å². The van der Waals surface area contributed by atoms with Crippen LogP contribution < -0.4 is 10.1 Å². The van der Waals surface area contributed by atoms with Crippen molar-refractivity contribution >= 4 is 21.6 Å². The predicted octanol–water partition coefficient (Wildman–Crippen LogP) is 2.71. The Morgan fingerprint density at radius 3 is 2.60 bits per heavy atom. The third-order valence-electron chi connectivity index (χ3n) is 5.34. The minimum Gasteiger partial charge on any atom is -0.492 e. The molecule has 0 heterocycles. The van der Waals surface area contributed by atoms with E-state index < -0.39 is 10.0 Å². The van der Waals surface area contributed by atoms with Gasteiger partial charge >= 0.3 is 0 Å². The number of amides is 1. The maximum absolute atomic E-state index is 12.6. The number of anilines is 1. The van der Waals surface area contributed by atoms with Gasteiger partial charge in [-0.05, 0) is 56.2 Å². The lowest BCUT2D eigenvalue weighted by Gasteiger charge is -2.21. The lowest BCUT2D eigenvalue weighted by molar-refractivity contribution is -0.121. The van der Waals surface area contributed by atoms with E-state index in [0.717, 1.165) is 23.6 Å². The number of carbonyl (C=O) groups is 1. The molecule has 0 saturated heterocycles. The molecule has 3 atom stereocenters. The summed E-state index contributed by atoms with van der Waals surface area (Å²) in [7, 11) is -0.703. The average molecular weight is 366 g/mol. The third kappa shape index (κ3) is 3.53. The van der Waals surface area contributed by atoms with Gasteiger partial charge in [0.2, 0.25) is 15.9 Å². The first-order valence-electron chi connectivity index (χ1n) is 8.83. The number of sulfonamides is 1. The molecule has 2 fully saturated rings. The van der Waals surface area contributed by atoms with E-state index in [2.05, 4.69) is 5.32 Å². The largest absolute Gasteiger partial charge is 0.492 e. The van der Waals surface area contributed by atoms with Gasteiger partial charge in [-0.2, -0.15) is 0 Å². The second kappa shape index (κ2) is 6.96. The Hall–Kier alpha value is -1.60. The molecule has 7 heteroatoms. The molecule has 0 spiro atoms. The molecule has 0 radical (unpaired) electrons. The lowest BCUT2D eigenvalue weighted by Crippen LogP contribution is -2.27. The zero-order valence-corrected chi connectivity index (χ0v) is 15.8. The molecule has 3 rings (SSSR count). The average Bonchev–Trinajstić information content (AvgIpc) is 3.19. The molecule has 2 saturated carbocycles. The highest BCUT2D eigenvalue weighted by molar-refractivity contribution is 7.89. The van der Waals surface area contributed by atoms with Crippen molar-refractivity contribution in [3.8, 4) is 5.75 Å². The Kier molecular flexibility index (Phi) is 5.06. The predicted molar refractivity (Wildman–Crippen MR) is 96.1 cm³/mol. The van der Waals surface area contributed by atoms with E-state index in [1.54, 1.807) is 19.1 Å². The number of carbonyl (C=O) groups excluding carboxylic acids is 1. The smallest absolute Gasteiger partial charge is 0.246 e. The van der Waals surface area contributed by atoms with Gasteiger partial charge in [-0.15, -0.1) is 0 Å². The van der Waals surface area contributed by atoms with Gasteiger partial charge in [0, 0.05) is 25.7 Å². The standard InChI is InChI=1S/C18H26N2O4S/c1-4-24-16-8-7-14(11-17(16)25(22,23)20(2)3)19-18(21)15-10-12-5-6-13(15)9-12/h7-8,11-13,15H,4-6,9-10H2,1-3H3,(H,19,21)/t12-,13-,15+/m0/s1. The molecule has 25 heavy (non-hydrogen) atoms. The summed E-state index contributed by atoms with van der Waals surface area (Å²) in [6.07, 6.45) is 4.48. The monoisotopic (exact) mass is 366 g/mol. The zero-order chi connectivity index (χ0) is 18.2. The molecule has 1 amide bonds. The van der Waals surface area contributed by atoms with Gasteiger partial charge in [-0.3, -0.25) is 4.79 Å². The maximum atomic E-state index is 12.6. The van der Waals surface area contributed by atoms with Crippen molar-refractivity contribution in [3.63, 3.8) is 0 Å². The van der Waals surface area contributed by atoms with Crippen LogP contribution in [0.3, 0.4) is 0 Å². The number of ether oxygens (including phenoxy) is 1. The number of rotatable bonds is 6. The Bertz CT molecular complexity index is 760. The Morgan fingerprint density at radius 1 is 1.28 bits per heavy atom. The summed E-state index contributed by atoms with van der Waals surface area (Å²) in [4.78, 5) is 12.7. The summed E-state index contributed by atoms with van der Waals surface area (Å²) in [5.74, 6) is 1.53. The quantitative estimate of drug-likeness (QED) is 0.840. The summed E-state index contributed by atoms with van der Waals surface area (Å²) in [5, 5.41) is 2.91. The van der Waals surface area contributed by atoms with Crippen LogP contribution in [0.1, 0.15) is 32.6 Å². The molecule has 2 aliphatic carbocycles. The zero-order valence-electron chi connectivity index (χ0n) is 15.0. The lowest BCUT2D eigenvalue weighted by atomic mass is 9.88. The molecule has 6 nitrogen and oxygen atoms in total. The van der Waals surface area contributed by atoms with Crippen LogP contribution in [0.25, 0.3) is 0 Å². The van der Waals surface area contributed by atoms with Gasteiger partial charge in [-0.25, -0.2) is 12.7 Å². The van der Waals surface area contributed by atoms with Crippen LogP contribution >= 0.6 is 0 Å². The van der Waals surface area contributed by atoms with Gasteiger partial charge in [0.05, 0.1) is 6.61 Å². The van der Waals surface area contributed by atoms with Gasteiger partial charge in [0.25, 0.3) is 0 Å². The maximum Gasteiger partial charge on any atom is 0.246 e. The summed E-state index contributed by atoms with van der Waals surface area (Å²) in [6.45, 7) is 2.17. The normalized spacial score (nSPS) is 25.4. The first-order valence-corrected chi connectivity index (χ1v) is 10.3. The Morgan fingerprint density at radius 2 is 2.04 bits per heavy atom. The summed E-state index contributed by atoms with van der Waals surface area (Å²) >= 11 is 0. The van der Waals surface area contributed by atoms with E-state index in [1.807, 2.05) is 0 Å². The number of hydrogen-bond acceptors (Lipinski definition) is 4. The van der Waals surface area contributed by atoms with E-state index in [4.69, 9.17) is 4.74 Å². The van der Waals surface area contributed by atoms with Crippen LogP contribution in [0.2, 0.25) is 0 Å². The Balaban J connectivity index is 1.84. The molecule has 0 unspecified atom stereocenters. The molecule has 2 aliphatic rings. The summed E-state index contributed by atoms with van der Waals surface area (Å²) in [5.41, 5.74) is 0.497. The van der Waals surface area contributed by atoms with E-state index in [-0.39, 0.29) is 16.7 Å². The molecular weight excluding hydrogens is 340 g/mol. The van der Waals surface area contributed by atoms with Crippen LogP contribution in [0.15, 0.2) is 23.1 Å². The minimum atomic E-state index is -3.66. The van der Waals surface area contributed by atoms with Gasteiger partial charge < -0.3 is 10.1 Å². The molecule has 0 aliphatic heterocycles. The van der Waals surface area contributed by atoms with Crippen molar-refractivity contribution in [2.75, 3.05) is 26.0 Å². The molecule has 138 valence electrons. The van der Waals surface area contributed by atoms with Crippen LogP contribution in [0.5, 0.6) is 5.75 Å². The van der Waals surface area contributed by atoms with Gasteiger partial charge in [0.15, 0.2) is 0 Å². The van der Waals surface area contributed by atoms with Crippen molar-refractivity contribution in [1.29, 1.82) is 0 Å². The van der Waals surface area contributed by atoms with E-state index in [0.29, 0.717) is 29.9 Å². The fraction of sp³-hybridized carbons (Fsp3) is 0.611. The van der Waals surface area contributed by atoms with E-state index >= 15 is 0 Å². The first-order chi connectivity index (χ1) is 11.8. The third-order valence-corrected chi connectivity index (χ3v) is 7.18. The van der Waals surface area contributed by atoms with Gasteiger partial charge in [0.1, 0.15) is 10.6 Å². The number of fused-ring (bicyclic) bond motifs is 2. The Labute approximate surface area is 149 Å². The summed E-state index contributed by atoms with van der Waals surface area (Å²) < 4.78 is 31.7. The molecule has 2 bridgehead atoms. The molecule has 1 aromatic carbocycles. The highest BCUT2D eigenvalue weighted by Crippen LogP contribution is 2.48. The highest BCUT2D eigenvalue weighted by atomic mass is 32.2. The van der Waals surface area contributed by atoms with Crippen LogP contribution in [-0.4, -0.2) is 39.3 Å². The van der Waals surface area contributed by atoms with Crippen LogP contribution in [0, 0.1) is 17.8 Å². The molecular formula is C18H26N2O4S.